The van der Waals surface area contributed by atoms with Gasteiger partial charge in [-0.05, 0) is 0 Å². The van der Waals surface area contributed by atoms with E-state index < -0.39 is 0 Å². The van der Waals surface area contributed by atoms with Crippen LogP contribution < -0.4 is 10.9 Å². The Kier molecular flexibility index (Phi) is 2.43. The third-order valence-electron chi connectivity index (χ3n) is 1.54. The Morgan fingerprint density at radius 3 is 3.00 bits per heavy atom. The number of hydrogen-bond donors (Lipinski definition) is 2. The molecule has 0 saturated carbocycles. The first-order valence-corrected chi connectivity index (χ1v) is 3.33. The maximum Gasteiger partial charge on any atom is 0.310 e. The average Bonchev–Trinajstić information content (AvgIpc) is 2.03. The van der Waals surface area contributed by atoms with Crippen molar-refractivity contribution in [2.45, 2.75) is 6.42 Å². The lowest BCUT2D eigenvalue weighted by atomic mass is 10.0. The molecular weight excluding hydrogens is 148 g/mol. The van der Waals surface area contributed by atoms with Crippen molar-refractivity contribution >= 4 is 11.9 Å². The summed E-state index contributed by atoms with van der Waals surface area (Å²) >= 11 is 0. The molecule has 5 nitrogen and oxygen atoms in total. The van der Waals surface area contributed by atoms with E-state index >= 15 is 0 Å². The molecule has 0 aliphatic carbocycles. The maximum atomic E-state index is 10.9. The maximum absolute atomic E-state index is 10.9. The van der Waals surface area contributed by atoms with E-state index in [0.717, 1.165) is 0 Å². The summed E-state index contributed by atoms with van der Waals surface area (Å²) in [4.78, 5) is 21.6. The van der Waals surface area contributed by atoms with Crippen molar-refractivity contribution in [1.29, 1.82) is 0 Å². The lowest BCUT2D eigenvalue weighted by molar-refractivity contribution is -0.148. The molecule has 0 aromatic carbocycles. The number of rotatable bonds is 1. The van der Waals surface area contributed by atoms with Gasteiger partial charge in [0, 0.05) is 13.0 Å². The Balaban J connectivity index is 2.45. The lowest BCUT2D eigenvalue weighted by Gasteiger charge is -2.20. The molecule has 0 unspecified atom stereocenters. The van der Waals surface area contributed by atoms with Crippen LogP contribution in [0.2, 0.25) is 0 Å². The summed E-state index contributed by atoms with van der Waals surface area (Å²) in [6.45, 7) is 0.443. The predicted octanol–water partition coefficient (Wildman–Crippen LogP) is -1.20. The molecule has 11 heavy (non-hydrogen) atoms. The Morgan fingerprint density at radius 2 is 2.45 bits per heavy atom. The number of esters is 1. The largest absolute Gasteiger partial charge is 0.469 e. The molecule has 1 rings (SSSR count). The van der Waals surface area contributed by atoms with E-state index in [0.29, 0.717) is 6.54 Å². The zero-order valence-electron chi connectivity index (χ0n) is 6.22. The zero-order valence-corrected chi connectivity index (χ0v) is 6.22. The lowest BCUT2D eigenvalue weighted by Crippen LogP contribution is -2.49. The molecule has 1 aliphatic heterocycles. The molecule has 1 saturated heterocycles. The molecule has 1 heterocycles. The van der Waals surface area contributed by atoms with Gasteiger partial charge in [-0.3, -0.25) is 15.0 Å². The van der Waals surface area contributed by atoms with Gasteiger partial charge < -0.3 is 4.74 Å². The van der Waals surface area contributed by atoms with E-state index in [1.807, 2.05) is 0 Å². The van der Waals surface area contributed by atoms with Crippen LogP contribution in [0.4, 0.5) is 0 Å². The van der Waals surface area contributed by atoms with Gasteiger partial charge in [0.2, 0.25) is 5.91 Å². The van der Waals surface area contributed by atoms with Gasteiger partial charge in [-0.15, -0.1) is 0 Å². The van der Waals surface area contributed by atoms with Crippen molar-refractivity contribution in [3.63, 3.8) is 0 Å². The quantitative estimate of drug-likeness (QED) is 0.470. The fraction of sp³-hybridized carbons (Fsp3) is 0.667. The van der Waals surface area contributed by atoms with E-state index in [-0.39, 0.29) is 24.2 Å². The van der Waals surface area contributed by atoms with Gasteiger partial charge in [0.15, 0.2) is 0 Å². The van der Waals surface area contributed by atoms with E-state index in [1.165, 1.54) is 7.11 Å². The number of nitrogens with one attached hydrogen (secondary N) is 2. The summed E-state index contributed by atoms with van der Waals surface area (Å²) in [6, 6.07) is 0. The van der Waals surface area contributed by atoms with Crippen LogP contribution in [0.5, 0.6) is 0 Å². The number of methoxy groups -OCH3 is 1. The van der Waals surface area contributed by atoms with Gasteiger partial charge in [-0.25, -0.2) is 5.43 Å². The minimum absolute atomic E-state index is 0.174. The molecule has 0 bridgehead atoms. The second kappa shape index (κ2) is 3.34. The highest BCUT2D eigenvalue weighted by Crippen LogP contribution is 2.06. The van der Waals surface area contributed by atoms with Gasteiger partial charge >= 0.3 is 5.97 Å². The number of ether oxygens (including phenoxy) is 1. The Labute approximate surface area is 64.1 Å². The molecule has 2 N–H and O–H groups in total. The van der Waals surface area contributed by atoms with Crippen LogP contribution in [0.3, 0.4) is 0 Å². The van der Waals surface area contributed by atoms with Crippen LogP contribution in [-0.2, 0) is 14.3 Å². The van der Waals surface area contributed by atoms with E-state index in [4.69, 9.17) is 0 Å². The highest BCUT2D eigenvalue weighted by molar-refractivity contribution is 5.83. The summed E-state index contributed by atoms with van der Waals surface area (Å²) in [5.41, 5.74) is 4.99. The van der Waals surface area contributed by atoms with Crippen molar-refractivity contribution in [2.24, 2.45) is 5.92 Å². The number of amides is 1. The standard InChI is InChI=1S/C6H10N2O3/c1-11-6(10)4-2-5(9)8-7-3-4/h4,7H,2-3H2,1H3,(H,8,9)/t4-/m0/s1. The number of carbonyl (C=O) groups is 2. The zero-order chi connectivity index (χ0) is 8.27. The van der Waals surface area contributed by atoms with Crippen molar-refractivity contribution in [2.75, 3.05) is 13.7 Å². The van der Waals surface area contributed by atoms with Gasteiger partial charge in [-0.2, -0.15) is 0 Å². The molecule has 1 atom stereocenters. The Hall–Kier alpha value is -1.10. The minimum atomic E-state index is -0.340. The first-order chi connectivity index (χ1) is 5.24. The first-order valence-electron chi connectivity index (χ1n) is 3.33. The molecular formula is C6H10N2O3. The third kappa shape index (κ3) is 1.91. The fourth-order valence-electron chi connectivity index (χ4n) is 0.953. The van der Waals surface area contributed by atoms with Crippen molar-refractivity contribution < 1.29 is 14.3 Å². The third-order valence-corrected chi connectivity index (χ3v) is 1.54. The molecule has 0 radical (unpaired) electrons. The summed E-state index contributed by atoms with van der Waals surface area (Å²) in [5, 5.41) is 0. The second-order valence-corrected chi connectivity index (χ2v) is 2.35. The van der Waals surface area contributed by atoms with Crippen LogP contribution in [0.15, 0.2) is 0 Å². The molecule has 1 aliphatic rings. The minimum Gasteiger partial charge on any atom is -0.469 e. The SMILES string of the molecule is COC(=O)[C@@H]1CNNC(=O)C1. The van der Waals surface area contributed by atoms with E-state index in [9.17, 15) is 9.59 Å². The Bertz CT molecular complexity index is 181. The van der Waals surface area contributed by atoms with Crippen LogP contribution in [0, 0.1) is 5.92 Å². The van der Waals surface area contributed by atoms with Crippen LogP contribution >= 0.6 is 0 Å². The smallest absolute Gasteiger partial charge is 0.310 e. The summed E-state index contributed by atoms with van der Waals surface area (Å²) in [6.07, 6.45) is 0.208. The number of hydrogen-bond acceptors (Lipinski definition) is 4. The van der Waals surface area contributed by atoms with Gasteiger partial charge in [0.1, 0.15) is 0 Å². The fourth-order valence-corrected chi connectivity index (χ4v) is 0.953. The number of hydrazine groups is 1. The van der Waals surface area contributed by atoms with Crippen LogP contribution in [0.25, 0.3) is 0 Å². The van der Waals surface area contributed by atoms with Crippen molar-refractivity contribution in [1.82, 2.24) is 10.9 Å². The molecule has 62 valence electrons. The predicted molar refractivity (Wildman–Crippen MR) is 36.3 cm³/mol. The highest BCUT2D eigenvalue weighted by Gasteiger charge is 2.25. The van der Waals surface area contributed by atoms with E-state index in [2.05, 4.69) is 15.6 Å². The van der Waals surface area contributed by atoms with E-state index in [1.54, 1.807) is 0 Å². The number of carbonyl (C=O) groups excluding carboxylic acids is 2. The molecule has 0 spiro atoms. The first kappa shape index (κ1) is 8.00. The monoisotopic (exact) mass is 158 g/mol. The normalized spacial score (nSPS) is 24.1. The van der Waals surface area contributed by atoms with Crippen molar-refractivity contribution in [3.05, 3.63) is 0 Å². The van der Waals surface area contributed by atoms with Gasteiger partial charge in [0.25, 0.3) is 0 Å². The highest BCUT2D eigenvalue weighted by atomic mass is 16.5. The summed E-state index contributed by atoms with van der Waals surface area (Å²) < 4.78 is 4.48. The summed E-state index contributed by atoms with van der Waals surface area (Å²) in [7, 11) is 1.31. The molecule has 0 aromatic rings. The molecule has 0 aromatic heterocycles. The average molecular weight is 158 g/mol. The van der Waals surface area contributed by atoms with Crippen molar-refractivity contribution in [3.8, 4) is 0 Å². The molecule has 5 heteroatoms. The van der Waals surface area contributed by atoms with Crippen LogP contribution in [0.1, 0.15) is 6.42 Å². The Morgan fingerprint density at radius 1 is 1.73 bits per heavy atom. The molecule has 1 fully saturated rings. The van der Waals surface area contributed by atoms with Gasteiger partial charge in [-0.1, -0.05) is 0 Å². The van der Waals surface area contributed by atoms with Gasteiger partial charge in [0.05, 0.1) is 13.0 Å². The van der Waals surface area contributed by atoms with Crippen LogP contribution in [-0.4, -0.2) is 25.5 Å². The second-order valence-electron chi connectivity index (χ2n) is 2.35. The molecule has 1 amide bonds. The topological polar surface area (TPSA) is 67.4 Å². The summed E-state index contributed by atoms with van der Waals surface area (Å²) in [5.74, 6) is -0.854.